The predicted octanol–water partition coefficient (Wildman–Crippen LogP) is 1.73. The minimum Gasteiger partial charge on any atom is -0.388 e. The molecule has 0 amide bonds. The average Bonchev–Trinajstić information content (AvgIpc) is 2.71. The van der Waals surface area contributed by atoms with E-state index in [1.165, 1.54) is 0 Å². The van der Waals surface area contributed by atoms with Crippen LogP contribution in [0.4, 0.5) is 0 Å². The largest absolute Gasteiger partial charge is 0.388 e. The van der Waals surface area contributed by atoms with E-state index >= 15 is 0 Å². The predicted molar refractivity (Wildman–Crippen MR) is 93.9 cm³/mol. The van der Waals surface area contributed by atoms with Crippen LogP contribution < -0.4 is 5.73 Å². The molecular weight excluding hydrogens is 334 g/mol. The van der Waals surface area contributed by atoms with Gasteiger partial charge in [-0.25, -0.2) is 0 Å². The first-order valence-corrected chi connectivity index (χ1v) is 8.79. The molecule has 2 aliphatic rings. The third-order valence-corrected chi connectivity index (χ3v) is 4.74. The number of aliphatic hydroxyl groups excluding tert-OH is 1. The number of benzene rings is 2. The van der Waals surface area contributed by atoms with Crippen molar-refractivity contribution in [2.45, 2.75) is 43.5 Å². The van der Waals surface area contributed by atoms with Crippen molar-refractivity contribution in [3.8, 4) is 0 Å². The van der Waals surface area contributed by atoms with Crippen molar-refractivity contribution in [3.63, 3.8) is 0 Å². The molecule has 2 saturated heterocycles. The third kappa shape index (κ3) is 3.66. The summed E-state index contributed by atoms with van der Waals surface area (Å²) in [7, 11) is 0. The summed E-state index contributed by atoms with van der Waals surface area (Å²) in [6, 6.07) is 18.7. The molecule has 3 N–H and O–H groups in total. The van der Waals surface area contributed by atoms with Crippen molar-refractivity contribution in [2.75, 3.05) is 6.61 Å². The van der Waals surface area contributed by atoms with Crippen molar-refractivity contribution in [3.05, 3.63) is 71.8 Å². The molecule has 2 aromatic rings. The molecule has 6 atom stereocenters. The molecule has 138 valence electrons. The van der Waals surface area contributed by atoms with E-state index < -0.39 is 36.9 Å². The minimum absolute atomic E-state index is 0.305. The molecule has 2 aromatic carbocycles. The Labute approximate surface area is 152 Å². The van der Waals surface area contributed by atoms with Crippen LogP contribution in [-0.2, 0) is 25.6 Å². The lowest BCUT2D eigenvalue weighted by Gasteiger charge is -2.46. The lowest BCUT2D eigenvalue weighted by atomic mass is 9.96. The molecule has 26 heavy (non-hydrogen) atoms. The van der Waals surface area contributed by atoms with Gasteiger partial charge in [-0.2, -0.15) is 0 Å². The van der Waals surface area contributed by atoms with Crippen LogP contribution in [-0.4, -0.2) is 42.4 Å². The molecule has 2 heterocycles. The van der Waals surface area contributed by atoms with Gasteiger partial charge in [0, 0.05) is 5.56 Å². The Morgan fingerprint density at radius 3 is 2.42 bits per heavy atom. The number of fused-ring (bicyclic) bond motifs is 1. The van der Waals surface area contributed by atoms with Gasteiger partial charge in [0.25, 0.3) is 0 Å². The second-order valence-electron chi connectivity index (χ2n) is 6.58. The molecule has 6 nitrogen and oxygen atoms in total. The quantitative estimate of drug-likeness (QED) is 0.867. The second-order valence-corrected chi connectivity index (χ2v) is 6.58. The Balaban J connectivity index is 1.40. The monoisotopic (exact) mass is 357 g/mol. The van der Waals surface area contributed by atoms with E-state index in [0.29, 0.717) is 13.2 Å². The van der Waals surface area contributed by atoms with Gasteiger partial charge < -0.3 is 29.8 Å². The van der Waals surface area contributed by atoms with Crippen molar-refractivity contribution in [1.29, 1.82) is 0 Å². The fourth-order valence-electron chi connectivity index (χ4n) is 3.29. The third-order valence-electron chi connectivity index (χ3n) is 4.74. The number of ether oxygens (including phenoxy) is 4. The van der Waals surface area contributed by atoms with Gasteiger partial charge in [0.1, 0.15) is 18.3 Å². The average molecular weight is 357 g/mol. The number of nitrogens with two attached hydrogens (primary N) is 1. The smallest absolute Gasteiger partial charge is 0.184 e. The summed E-state index contributed by atoms with van der Waals surface area (Å²) >= 11 is 0. The van der Waals surface area contributed by atoms with E-state index in [4.69, 9.17) is 24.7 Å². The summed E-state index contributed by atoms with van der Waals surface area (Å²) in [6.45, 7) is 0.664. The fraction of sp³-hybridized carbons (Fsp3) is 0.400. The van der Waals surface area contributed by atoms with Crippen LogP contribution in [0, 0.1) is 0 Å². The molecule has 2 aliphatic heterocycles. The standard InChI is InChI=1S/C20H23NO5/c21-16-17(22)18-15(12-24-19(26-18)14-9-5-2-6-10-14)25-20(16)23-11-13-7-3-1-4-8-13/h1-10,15-20,22H,11-12,21H2/t15-,16-,17+,18-,19-,20+/m1/s1. The molecule has 4 rings (SSSR count). The van der Waals surface area contributed by atoms with Crippen LogP contribution in [0.3, 0.4) is 0 Å². The highest BCUT2D eigenvalue weighted by Crippen LogP contribution is 2.33. The molecule has 6 heteroatoms. The molecule has 0 saturated carbocycles. The van der Waals surface area contributed by atoms with Crippen LogP contribution in [0.5, 0.6) is 0 Å². The summed E-state index contributed by atoms with van der Waals surface area (Å²) < 4.78 is 23.4. The zero-order valence-corrected chi connectivity index (χ0v) is 14.3. The van der Waals surface area contributed by atoms with Gasteiger partial charge in [-0.15, -0.1) is 0 Å². The van der Waals surface area contributed by atoms with E-state index in [-0.39, 0.29) is 0 Å². The van der Waals surface area contributed by atoms with Crippen molar-refractivity contribution < 1.29 is 24.1 Å². The van der Waals surface area contributed by atoms with Crippen LogP contribution in [0.15, 0.2) is 60.7 Å². The molecular formula is C20H23NO5. The molecule has 0 radical (unpaired) electrons. The first kappa shape index (κ1) is 17.6. The SMILES string of the molecule is N[C@H]1[C@@H](OCc2ccccc2)O[C@@H]2CO[C@@H](c3ccccc3)O[C@H]2[C@H]1O. The minimum atomic E-state index is -0.898. The van der Waals surface area contributed by atoms with Gasteiger partial charge in [0.2, 0.25) is 0 Å². The Bertz CT molecular complexity index is 696. The van der Waals surface area contributed by atoms with Gasteiger partial charge in [0.05, 0.1) is 19.3 Å². The Kier molecular flexibility index (Phi) is 5.31. The first-order chi connectivity index (χ1) is 12.7. The lowest BCUT2D eigenvalue weighted by Crippen LogP contribution is -2.64. The van der Waals surface area contributed by atoms with E-state index in [9.17, 15) is 5.11 Å². The van der Waals surface area contributed by atoms with Crippen LogP contribution >= 0.6 is 0 Å². The van der Waals surface area contributed by atoms with Crippen molar-refractivity contribution in [2.24, 2.45) is 5.73 Å². The van der Waals surface area contributed by atoms with E-state index in [1.54, 1.807) is 0 Å². The van der Waals surface area contributed by atoms with Crippen molar-refractivity contribution >= 4 is 0 Å². The van der Waals surface area contributed by atoms with Gasteiger partial charge in [-0.1, -0.05) is 60.7 Å². The van der Waals surface area contributed by atoms with Crippen LogP contribution in [0.2, 0.25) is 0 Å². The molecule has 0 spiro atoms. The van der Waals surface area contributed by atoms with Gasteiger partial charge in [-0.05, 0) is 5.56 Å². The van der Waals surface area contributed by atoms with Crippen molar-refractivity contribution in [1.82, 2.24) is 0 Å². The van der Waals surface area contributed by atoms with Gasteiger partial charge in [-0.3, -0.25) is 0 Å². The highest BCUT2D eigenvalue weighted by atomic mass is 16.7. The number of rotatable bonds is 4. The summed E-state index contributed by atoms with van der Waals surface area (Å²) in [5, 5.41) is 10.6. The Morgan fingerprint density at radius 1 is 1.00 bits per heavy atom. The number of hydrogen-bond acceptors (Lipinski definition) is 6. The zero-order chi connectivity index (χ0) is 17.9. The van der Waals surface area contributed by atoms with E-state index in [2.05, 4.69) is 0 Å². The van der Waals surface area contributed by atoms with Crippen LogP contribution in [0.1, 0.15) is 17.4 Å². The molecule has 0 bridgehead atoms. The molecule has 0 aromatic heterocycles. The normalized spacial score (nSPS) is 34.2. The molecule has 2 fully saturated rings. The van der Waals surface area contributed by atoms with Gasteiger partial charge >= 0.3 is 0 Å². The summed E-state index contributed by atoms with van der Waals surface area (Å²) in [4.78, 5) is 0. The van der Waals surface area contributed by atoms with Crippen LogP contribution in [0.25, 0.3) is 0 Å². The van der Waals surface area contributed by atoms with E-state index in [0.717, 1.165) is 11.1 Å². The maximum atomic E-state index is 10.6. The summed E-state index contributed by atoms with van der Waals surface area (Å²) in [6.07, 6.45) is -3.13. The highest BCUT2D eigenvalue weighted by molar-refractivity contribution is 5.17. The van der Waals surface area contributed by atoms with E-state index in [1.807, 2.05) is 60.7 Å². The first-order valence-electron chi connectivity index (χ1n) is 8.79. The summed E-state index contributed by atoms with van der Waals surface area (Å²) in [5.74, 6) is 0. The number of aliphatic hydroxyl groups is 1. The second kappa shape index (κ2) is 7.84. The Morgan fingerprint density at radius 2 is 1.69 bits per heavy atom. The molecule has 0 unspecified atom stereocenters. The highest BCUT2D eigenvalue weighted by Gasteiger charge is 2.48. The maximum absolute atomic E-state index is 10.6. The molecule has 0 aliphatic carbocycles. The lowest BCUT2D eigenvalue weighted by molar-refractivity contribution is -0.343. The van der Waals surface area contributed by atoms with Gasteiger partial charge in [0.15, 0.2) is 12.6 Å². The topological polar surface area (TPSA) is 83.2 Å². The summed E-state index contributed by atoms with van der Waals surface area (Å²) in [5.41, 5.74) is 8.07. The number of hydrogen-bond donors (Lipinski definition) is 2. The fourth-order valence-corrected chi connectivity index (χ4v) is 3.29. The Hall–Kier alpha value is -1.80. The maximum Gasteiger partial charge on any atom is 0.184 e. The zero-order valence-electron chi connectivity index (χ0n) is 14.3.